The predicted molar refractivity (Wildman–Crippen MR) is 63.7 cm³/mol. The summed E-state index contributed by atoms with van der Waals surface area (Å²) in [5, 5.41) is 3.37. The van der Waals surface area contributed by atoms with E-state index in [1.807, 2.05) is 0 Å². The maximum atomic E-state index is 5.70. The molecule has 0 bridgehead atoms. The summed E-state index contributed by atoms with van der Waals surface area (Å²) in [6.07, 6.45) is 3.12. The molecular weight excluding hydrogens is 204 g/mol. The highest BCUT2D eigenvalue weighted by atomic mass is 16.5. The minimum atomic E-state index is 0.414. The lowest BCUT2D eigenvalue weighted by molar-refractivity contribution is -0.0388. The van der Waals surface area contributed by atoms with E-state index in [1.54, 1.807) is 0 Å². The van der Waals surface area contributed by atoms with Gasteiger partial charge in [0.25, 0.3) is 0 Å². The van der Waals surface area contributed by atoms with Crippen LogP contribution in [0.15, 0.2) is 0 Å². The van der Waals surface area contributed by atoms with Crippen molar-refractivity contribution < 1.29 is 9.47 Å². The molecule has 0 saturated carbocycles. The molecule has 0 aromatic heterocycles. The number of nitrogens with one attached hydrogen (secondary N) is 1. The second kappa shape index (κ2) is 6.55. The molecule has 2 heterocycles. The molecule has 0 spiro atoms. The average molecular weight is 228 g/mol. The molecule has 4 heteroatoms. The van der Waals surface area contributed by atoms with E-state index in [0.29, 0.717) is 12.2 Å². The summed E-state index contributed by atoms with van der Waals surface area (Å²) in [5.41, 5.74) is 0. The van der Waals surface area contributed by atoms with Crippen molar-refractivity contribution in [2.45, 2.75) is 32.0 Å². The fraction of sp³-hybridized carbons (Fsp3) is 1.00. The minimum Gasteiger partial charge on any atom is -0.376 e. The summed E-state index contributed by atoms with van der Waals surface area (Å²) < 4.78 is 11.4. The van der Waals surface area contributed by atoms with Gasteiger partial charge in [0.05, 0.1) is 25.4 Å². The van der Waals surface area contributed by atoms with Crippen molar-refractivity contribution in [2.24, 2.45) is 0 Å². The Morgan fingerprint density at radius 2 is 2.12 bits per heavy atom. The second-order valence-electron chi connectivity index (χ2n) is 4.69. The summed E-state index contributed by atoms with van der Waals surface area (Å²) in [6.45, 7) is 9.29. The number of hydrogen-bond donors (Lipinski definition) is 1. The van der Waals surface area contributed by atoms with E-state index in [0.717, 1.165) is 58.8 Å². The maximum Gasteiger partial charge on any atom is 0.0712 e. The van der Waals surface area contributed by atoms with Crippen LogP contribution in [-0.2, 0) is 9.47 Å². The van der Waals surface area contributed by atoms with Crippen LogP contribution in [0.5, 0.6) is 0 Å². The van der Waals surface area contributed by atoms with E-state index in [-0.39, 0.29) is 0 Å². The summed E-state index contributed by atoms with van der Waals surface area (Å²) >= 11 is 0. The first kappa shape index (κ1) is 12.3. The molecule has 2 rings (SSSR count). The van der Waals surface area contributed by atoms with Crippen LogP contribution in [0.4, 0.5) is 0 Å². The molecule has 16 heavy (non-hydrogen) atoms. The van der Waals surface area contributed by atoms with Gasteiger partial charge >= 0.3 is 0 Å². The highest BCUT2D eigenvalue weighted by Crippen LogP contribution is 2.10. The van der Waals surface area contributed by atoms with Gasteiger partial charge < -0.3 is 14.8 Å². The van der Waals surface area contributed by atoms with Crippen LogP contribution in [0, 0.1) is 0 Å². The van der Waals surface area contributed by atoms with Crippen molar-refractivity contribution in [1.82, 2.24) is 10.2 Å². The van der Waals surface area contributed by atoms with E-state index in [9.17, 15) is 0 Å². The smallest absolute Gasteiger partial charge is 0.0712 e. The van der Waals surface area contributed by atoms with Crippen LogP contribution < -0.4 is 5.32 Å². The first-order chi connectivity index (χ1) is 7.88. The van der Waals surface area contributed by atoms with Crippen LogP contribution in [0.25, 0.3) is 0 Å². The molecule has 2 unspecified atom stereocenters. The quantitative estimate of drug-likeness (QED) is 0.758. The third-order valence-electron chi connectivity index (χ3n) is 3.45. The Balaban J connectivity index is 1.64. The predicted octanol–water partition coefficient (Wildman–Crippen LogP) is 0.476. The minimum absolute atomic E-state index is 0.414. The largest absolute Gasteiger partial charge is 0.376 e. The number of rotatable bonds is 4. The molecule has 2 atom stereocenters. The summed E-state index contributed by atoms with van der Waals surface area (Å²) in [5.74, 6) is 0. The zero-order valence-corrected chi connectivity index (χ0v) is 10.3. The molecule has 2 aliphatic rings. The van der Waals surface area contributed by atoms with Gasteiger partial charge in [-0.2, -0.15) is 0 Å². The van der Waals surface area contributed by atoms with Crippen molar-refractivity contribution in [2.75, 3.05) is 45.9 Å². The lowest BCUT2D eigenvalue weighted by Crippen LogP contribution is -2.45. The Kier molecular flexibility index (Phi) is 5.03. The molecule has 1 N–H and O–H groups in total. The van der Waals surface area contributed by atoms with Gasteiger partial charge in [0.15, 0.2) is 0 Å². The zero-order valence-electron chi connectivity index (χ0n) is 10.3. The highest BCUT2D eigenvalue weighted by Gasteiger charge is 2.20. The number of morpholine rings is 2. The third-order valence-corrected chi connectivity index (χ3v) is 3.45. The first-order valence-corrected chi connectivity index (χ1v) is 6.54. The van der Waals surface area contributed by atoms with Crippen molar-refractivity contribution >= 4 is 0 Å². The standard InChI is InChI=1S/C12H24N2O2/c1-2-11-10-14(6-8-16-11)5-3-12-9-13-4-7-15-12/h11-13H,2-10H2,1H3. The topological polar surface area (TPSA) is 33.7 Å². The number of hydrogen-bond acceptors (Lipinski definition) is 4. The van der Waals surface area contributed by atoms with Crippen LogP contribution in [0.2, 0.25) is 0 Å². The summed E-state index contributed by atoms with van der Waals surface area (Å²) in [6, 6.07) is 0. The molecule has 0 aliphatic carbocycles. The zero-order chi connectivity index (χ0) is 11.2. The van der Waals surface area contributed by atoms with Crippen LogP contribution in [0.1, 0.15) is 19.8 Å². The number of nitrogens with zero attached hydrogens (tertiary/aromatic N) is 1. The SMILES string of the molecule is CCC1CN(CCC2CNCCO2)CCO1. The molecule has 0 amide bonds. The molecule has 4 nitrogen and oxygen atoms in total. The van der Waals surface area contributed by atoms with Gasteiger partial charge in [-0.3, -0.25) is 4.90 Å². The molecule has 0 aromatic rings. The van der Waals surface area contributed by atoms with Crippen LogP contribution >= 0.6 is 0 Å². The summed E-state index contributed by atoms with van der Waals surface area (Å²) in [4.78, 5) is 2.51. The molecule has 2 saturated heterocycles. The van der Waals surface area contributed by atoms with E-state index in [4.69, 9.17) is 9.47 Å². The molecule has 0 aromatic carbocycles. The van der Waals surface area contributed by atoms with Crippen molar-refractivity contribution in [1.29, 1.82) is 0 Å². The third kappa shape index (κ3) is 3.70. The molecule has 94 valence electrons. The Morgan fingerprint density at radius 3 is 2.88 bits per heavy atom. The van der Waals surface area contributed by atoms with Crippen LogP contribution in [-0.4, -0.2) is 63.0 Å². The maximum absolute atomic E-state index is 5.70. The summed E-state index contributed by atoms with van der Waals surface area (Å²) in [7, 11) is 0. The van der Waals surface area contributed by atoms with Crippen molar-refractivity contribution in [3.63, 3.8) is 0 Å². The molecular formula is C12H24N2O2. The van der Waals surface area contributed by atoms with Gasteiger partial charge in [-0.05, 0) is 12.8 Å². The van der Waals surface area contributed by atoms with Gasteiger partial charge in [-0.1, -0.05) is 6.92 Å². The van der Waals surface area contributed by atoms with E-state index >= 15 is 0 Å². The van der Waals surface area contributed by atoms with Crippen molar-refractivity contribution in [3.05, 3.63) is 0 Å². The van der Waals surface area contributed by atoms with E-state index < -0.39 is 0 Å². The van der Waals surface area contributed by atoms with Gasteiger partial charge in [0, 0.05) is 32.7 Å². The van der Waals surface area contributed by atoms with Gasteiger partial charge in [-0.25, -0.2) is 0 Å². The van der Waals surface area contributed by atoms with Crippen molar-refractivity contribution in [3.8, 4) is 0 Å². The fourth-order valence-corrected chi connectivity index (χ4v) is 2.36. The second-order valence-corrected chi connectivity index (χ2v) is 4.69. The Labute approximate surface area is 98.3 Å². The Hall–Kier alpha value is -0.160. The average Bonchev–Trinajstić information content (AvgIpc) is 2.38. The molecule has 0 radical (unpaired) electrons. The van der Waals surface area contributed by atoms with Gasteiger partial charge in [-0.15, -0.1) is 0 Å². The van der Waals surface area contributed by atoms with Crippen LogP contribution in [0.3, 0.4) is 0 Å². The molecule has 2 aliphatic heterocycles. The lowest BCUT2D eigenvalue weighted by atomic mass is 10.2. The Bertz CT molecular complexity index is 195. The van der Waals surface area contributed by atoms with E-state index in [1.165, 1.54) is 0 Å². The van der Waals surface area contributed by atoms with Gasteiger partial charge in [0.2, 0.25) is 0 Å². The first-order valence-electron chi connectivity index (χ1n) is 6.54. The van der Waals surface area contributed by atoms with Gasteiger partial charge in [0.1, 0.15) is 0 Å². The number of ether oxygens (including phenoxy) is 2. The highest BCUT2D eigenvalue weighted by molar-refractivity contribution is 4.74. The Morgan fingerprint density at radius 1 is 1.25 bits per heavy atom. The lowest BCUT2D eigenvalue weighted by Gasteiger charge is -2.33. The fourth-order valence-electron chi connectivity index (χ4n) is 2.36. The normalized spacial score (nSPS) is 32.8. The monoisotopic (exact) mass is 228 g/mol. The van der Waals surface area contributed by atoms with E-state index in [2.05, 4.69) is 17.1 Å². The molecule has 2 fully saturated rings.